The van der Waals surface area contributed by atoms with Crippen LogP contribution in [0.15, 0.2) is 24.3 Å². The number of hydrogen-bond donors (Lipinski definition) is 0. The van der Waals surface area contributed by atoms with Crippen molar-refractivity contribution in [1.82, 2.24) is 0 Å². The molecule has 1 saturated heterocycles. The van der Waals surface area contributed by atoms with Crippen molar-refractivity contribution in [2.75, 3.05) is 16.6 Å². The molecule has 0 bridgehead atoms. The SMILES string of the molecule is CC(=O)c1ccc(N2CCCCS2(=O)=O)cc1. The molecule has 1 aromatic carbocycles. The summed E-state index contributed by atoms with van der Waals surface area (Å²) in [5.41, 5.74) is 1.25. The highest BCUT2D eigenvalue weighted by Gasteiger charge is 2.25. The number of ketones is 1. The van der Waals surface area contributed by atoms with Gasteiger partial charge in [-0.15, -0.1) is 0 Å². The molecule has 0 radical (unpaired) electrons. The Morgan fingerprint density at radius 2 is 1.82 bits per heavy atom. The third-order valence-corrected chi connectivity index (χ3v) is 4.78. The molecule has 92 valence electrons. The molecule has 17 heavy (non-hydrogen) atoms. The van der Waals surface area contributed by atoms with Gasteiger partial charge in [0.1, 0.15) is 0 Å². The van der Waals surface area contributed by atoms with E-state index in [0.29, 0.717) is 17.8 Å². The molecule has 0 saturated carbocycles. The average Bonchev–Trinajstić information content (AvgIpc) is 2.28. The van der Waals surface area contributed by atoms with Crippen LogP contribution in [-0.2, 0) is 10.0 Å². The normalized spacial score (nSPS) is 19.0. The zero-order valence-electron chi connectivity index (χ0n) is 9.72. The number of carbonyl (C=O) groups excluding carboxylic acids is 1. The second-order valence-electron chi connectivity index (χ2n) is 4.20. The summed E-state index contributed by atoms with van der Waals surface area (Å²) < 4.78 is 25.2. The predicted octanol–water partition coefficient (Wildman–Crippen LogP) is 1.82. The van der Waals surface area contributed by atoms with Gasteiger partial charge in [0.25, 0.3) is 0 Å². The van der Waals surface area contributed by atoms with E-state index >= 15 is 0 Å². The van der Waals surface area contributed by atoms with Crippen LogP contribution in [0.2, 0.25) is 0 Å². The maximum atomic E-state index is 11.9. The lowest BCUT2D eigenvalue weighted by Gasteiger charge is -2.28. The van der Waals surface area contributed by atoms with Crippen molar-refractivity contribution in [3.05, 3.63) is 29.8 Å². The molecule has 0 spiro atoms. The molecule has 2 rings (SSSR count). The fourth-order valence-corrected chi connectivity index (χ4v) is 3.58. The summed E-state index contributed by atoms with van der Waals surface area (Å²) in [5.74, 6) is 0.194. The van der Waals surface area contributed by atoms with Crippen molar-refractivity contribution in [3.8, 4) is 0 Å². The second-order valence-corrected chi connectivity index (χ2v) is 6.21. The highest BCUT2D eigenvalue weighted by molar-refractivity contribution is 7.92. The Labute approximate surface area is 101 Å². The first kappa shape index (κ1) is 12.1. The molecule has 5 heteroatoms. The maximum Gasteiger partial charge on any atom is 0.235 e. The van der Waals surface area contributed by atoms with E-state index in [-0.39, 0.29) is 11.5 Å². The number of nitrogens with zero attached hydrogens (tertiary/aromatic N) is 1. The monoisotopic (exact) mass is 253 g/mol. The number of rotatable bonds is 2. The summed E-state index contributed by atoms with van der Waals surface area (Å²) in [5, 5.41) is 0. The standard InChI is InChI=1S/C12H15NO3S/c1-10(14)11-4-6-12(7-5-11)13-8-2-3-9-17(13,15)16/h4-7H,2-3,8-9H2,1H3. The zero-order chi connectivity index (χ0) is 12.5. The van der Waals surface area contributed by atoms with Crippen molar-refractivity contribution in [1.29, 1.82) is 0 Å². The van der Waals surface area contributed by atoms with Gasteiger partial charge in [-0.25, -0.2) is 8.42 Å². The van der Waals surface area contributed by atoms with Gasteiger partial charge in [-0.1, -0.05) is 0 Å². The number of anilines is 1. The molecule has 4 nitrogen and oxygen atoms in total. The third-order valence-electron chi connectivity index (χ3n) is 2.91. The van der Waals surface area contributed by atoms with Crippen LogP contribution >= 0.6 is 0 Å². The molecular weight excluding hydrogens is 238 g/mol. The molecule has 1 aliphatic rings. The first-order valence-corrected chi connectivity index (χ1v) is 7.23. The molecule has 1 aliphatic heterocycles. The van der Waals surface area contributed by atoms with Gasteiger partial charge in [-0.05, 0) is 44.0 Å². The van der Waals surface area contributed by atoms with Crippen molar-refractivity contribution >= 4 is 21.5 Å². The van der Waals surface area contributed by atoms with Crippen LogP contribution in [-0.4, -0.2) is 26.5 Å². The molecular formula is C12H15NO3S. The fourth-order valence-electron chi connectivity index (χ4n) is 1.94. The Kier molecular flexibility index (Phi) is 3.19. The molecule has 0 amide bonds. The summed E-state index contributed by atoms with van der Waals surface area (Å²) in [7, 11) is -3.16. The van der Waals surface area contributed by atoms with Gasteiger partial charge in [0, 0.05) is 12.1 Å². The fraction of sp³-hybridized carbons (Fsp3) is 0.417. The highest BCUT2D eigenvalue weighted by Crippen LogP contribution is 2.23. The Bertz CT molecular complexity index is 519. The molecule has 0 aliphatic carbocycles. The third kappa shape index (κ3) is 2.49. The van der Waals surface area contributed by atoms with E-state index in [2.05, 4.69) is 0 Å². The first-order chi connectivity index (χ1) is 8.00. The summed E-state index contributed by atoms with van der Waals surface area (Å²) in [6, 6.07) is 6.72. The number of benzene rings is 1. The van der Waals surface area contributed by atoms with Gasteiger partial charge in [0.05, 0.1) is 11.4 Å². The van der Waals surface area contributed by atoms with E-state index in [1.54, 1.807) is 24.3 Å². The van der Waals surface area contributed by atoms with E-state index < -0.39 is 10.0 Å². The smallest absolute Gasteiger partial charge is 0.235 e. The van der Waals surface area contributed by atoms with Crippen LogP contribution in [0.25, 0.3) is 0 Å². The molecule has 0 aromatic heterocycles. The van der Waals surface area contributed by atoms with Gasteiger partial charge in [-0.3, -0.25) is 9.10 Å². The number of carbonyl (C=O) groups is 1. The molecule has 1 aromatic rings. The summed E-state index contributed by atoms with van der Waals surface area (Å²) in [4.78, 5) is 11.1. The van der Waals surface area contributed by atoms with Gasteiger partial charge in [0.2, 0.25) is 10.0 Å². The molecule has 0 unspecified atom stereocenters. The zero-order valence-corrected chi connectivity index (χ0v) is 10.5. The topological polar surface area (TPSA) is 54.5 Å². The van der Waals surface area contributed by atoms with E-state index in [4.69, 9.17) is 0 Å². The van der Waals surface area contributed by atoms with Crippen LogP contribution < -0.4 is 4.31 Å². The van der Waals surface area contributed by atoms with E-state index in [1.165, 1.54) is 11.2 Å². The Hall–Kier alpha value is -1.36. The molecule has 0 N–H and O–H groups in total. The summed E-state index contributed by atoms with van der Waals surface area (Å²) >= 11 is 0. The minimum absolute atomic E-state index is 0.0157. The van der Waals surface area contributed by atoms with E-state index in [9.17, 15) is 13.2 Å². The van der Waals surface area contributed by atoms with Crippen molar-refractivity contribution in [2.24, 2.45) is 0 Å². The number of hydrogen-bond acceptors (Lipinski definition) is 3. The predicted molar refractivity (Wildman–Crippen MR) is 66.8 cm³/mol. The first-order valence-electron chi connectivity index (χ1n) is 5.62. The second kappa shape index (κ2) is 4.49. The van der Waals surface area contributed by atoms with Crippen molar-refractivity contribution in [2.45, 2.75) is 19.8 Å². The highest BCUT2D eigenvalue weighted by atomic mass is 32.2. The van der Waals surface area contributed by atoms with E-state index in [1.807, 2.05) is 0 Å². The lowest BCUT2D eigenvalue weighted by molar-refractivity contribution is 0.101. The minimum Gasteiger partial charge on any atom is -0.295 e. The molecule has 0 atom stereocenters. The lowest BCUT2D eigenvalue weighted by atomic mass is 10.1. The van der Waals surface area contributed by atoms with Crippen LogP contribution in [0.4, 0.5) is 5.69 Å². The lowest BCUT2D eigenvalue weighted by Crippen LogP contribution is -2.37. The number of sulfonamides is 1. The van der Waals surface area contributed by atoms with Gasteiger partial charge >= 0.3 is 0 Å². The van der Waals surface area contributed by atoms with Gasteiger partial charge in [-0.2, -0.15) is 0 Å². The van der Waals surface area contributed by atoms with Gasteiger partial charge < -0.3 is 0 Å². The quantitative estimate of drug-likeness (QED) is 0.755. The van der Waals surface area contributed by atoms with Crippen LogP contribution in [0, 0.1) is 0 Å². The van der Waals surface area contributed by atoms with Crippen LogP contribution in [0.3, 0.4) is 0 Å². The minimum atomic E-state index is -3.16. The van der Waals surface area contributed by atoms with Crippen molar-refractivity contribution < 1.29 is 13.2 Å². The Balaban J connectivity index is 2.30. The van der Waals surface area contributed by atoms with Crippen LogP contribution in [0.1, 0.15) is 30.1 Å². The molecule has 1 fully saturated rings. The largest absolute Gasteiger partial charge is 0.295 e. The Morgan fingerprint density at radius 3 is 2.35 bits per heavy atom. The summed E-state index contributed by atoms with van der Waals surface area (Å²) in [6.45, 7) is 2.02. The van der Waals surface area contributed by atoms with Gasteiger partial charge in [0.15, 0.2) is 5.78 Å². The van der Waals surface area contributed by atoms with Crippen LogP contribution in [0.5, 0.6) is 0 Å². The summed E-state index contributed by atoms with van der Waals surface area (Å²) in [6.07, 6.45) is 1.61. The van der Waals surface area contributed by atoms with E-state index in [0.717, 1.165) is 12.8 Å². The van der Waals surface area contributed by atoms with Crippen molar-refractivity contribution in [3.63, 3.8) is 0 Å². The maximum absolute atomic E-state index is 11.9. The molecule has 1 heterocycles. The Morgan fingerprint density at radius 1 is 1.18 bits per heavy atom. The number of Topliss-reactive ketones (excluding diaryl/α,β-unsaturated/α-hetero) is 1. The average molecular weight is 253 g/mol.